The van der Waals surface area contributed by atoms with Gasteiger partial charge in [0.25, 0.3) is 5.56 Å². The monoisotopic (exact) mass is 432 g/mol. The number of thiophene rings is 1. The molecule has 31 heavy (non-hydrogen) atoms. The molecule has 0 aliphatic carbocycles. The third-order valence-corrected chi connectivity index (χ3v) is 5.75. The molecular formula is C22H16N4O4S. The van der Waals surface area contributed by atoms with E-state index in [-0.39, 0.29) is 18.0 Å². The van der Waals surface area contributed by atoms with Crippen molar-refractivity contribution < 1.29 is 9.26 Å². The van der Waals surface area contributed by atoms with E-state index in [0.717, 1.165) is 10.1 Å². The average molecular weight is 432 g/mol. The van der Waals surface area contributed by atoms with Crippen molar-refractivity contribution >= 4 is 21.6 Å². The number of hydrogen-bond donors (Lipinski definition) is 0. The van der Waals surface area contributed by atoms with Crippen LogP contribution >= 0.6 is 11.3 Å². The molecule has 3 heterocycles. The van der Waals surface area contributed by atoms with Crippen LogP contribution in [0.3, 0.4) is 0 Å². The Morgan fingerprint density at radius 1 is 1.06 bits per heavy atom. The number of benzene rings is 2. The first-order chi connectivity index (χ1) is 15.2. The summed E-state index contributed by atoms with van der Waals surface area (Å²) in [6.07, 6.45) is 0. The molecule has 0 N–H and O–H groups in total. The minimum Gasteiger partial charge on any atom is -0.497 e. The summed E-state index contributed by atoms with van der Waals surface area (Å²) in [6, 6.07) is 18.0. The lowest BCUT2D eigenvalue weighted by molar-refractivity contribution is 0.370. The summed E-state index contributed by atoms with van der Waals surface area (Å²) in [6.45, 7) is 0.0378. The summed E-state index contributed by atoms with van der Waals surface area (Å²) in [4.78, 5) is 30.9. The van der Waals surface area contributed by atoms with Gasteiger partial charge >= 0.3 is 5.69 Å². The second kappa shape index (κ2) is 7.69. The molecule has 0 aliphatic rings. The van der Waals surface area contributed by atoms with Gasteiger partial charge in [-0.1, -0.05) is 41.6 Å². The van der Waals surface area contributed by atoms with Gasteiger partial charge in [0.15, 0.2) is 0 Å². The third kappa shape index (κ3) is 3.34. The number of ether oxygens (including phenoxy) is 1. The summed E-state index contributed by atoms with van der Waals surface area (Å²) >= 11 is 1.28. The van der Waals surface area contributed by atoms with Gasteiger partial charge in [0.1, 0.15) is 17.0 Å². The van der Waals surface area contributed by atoms with E-state index in [9.17, 15) is 9.59 Å². The zero-order valence-electron chi connectivity index (χ0n) is 16.4. The van der Waals surface area contributed by atoms with E-state index < -0.39 is 5.69 Å². The van der Waals surface area contributed by atoms with E-state index in [4.69, 9.17) is 9.26 Å². The van der Waals surface area contributed by atoms with Crippen LogP contribution in [0.5, 0.6) is 5.75 Å². The van der Waals surface area contributed by atoms with Crippen LogP contribution in [0.25, 0.3) is 27.3 Å². The van der Waals surface area contributed by atoms with Crippen molar-refractivity contribution in [3.63, 3.8) is 0 Å². The summed E-state index contributed by atoms with van der Waals surface area (Å²) in [5.41, 5.74) is 0.887. The number of methoxy groups -OCH3 is 1. The fourth-order valence-corrected chi connectivity index (χ4v) is 4.20. The number of fused-ring (bicyclic) bond motifs is 1. The molecule has 0 spiro atoms. The van der Waals surface area contributed by atoms with Crippen molar-refractivity contribution in [3.05, 3.63) is 92.8 Å². The number of aromatic nitrogens is 4. The van der Waals surface area contributed by atoms with Crippen molar-refractivity contribution in [2.45, 2.75) is 6.54 Å². The molecule has 0 fully saturated rings. The summed E-state index contributed by atoms with van der Waals surface area (Å²) in [5, 5.41) is 5.80. The van der Waals surface area contributed by atoms with E-state index in [1.165, 1.54) is 23.0 Å². The van der Waals surface area contributed by atoms with Crippen LogP contribution < -0.4 is 16.0 Å². The van der Waals surface area contributed by atoms with Crippen molar-refractivity contribution in [2.75, 3.05) is 7.11 Å². The van der Waals surface area contributed by atoms with Crippen molar-refractivity contribution in [3.8, 4) is 22.8 Å². The predicted molar refractivity (Wildman–Crippen MR) is 117 cm³/mol. The third-order valence-electron chi connectivity index (χ3n) is 4.86. The van der Waals surface area contributed by atoms with Gasteiger partial charge in [-0.3, -0.25) is 9.36 Å². The molecule has 0 bridgehead atoms. The quantitative estimate of drug-likeness (QED) is 0.423. The Labute approximate surface area is 179 Å². The highest BCUT2D eigenvalue weighted by Gasteiger charge is 2.18. The van der Waals surface area contributed by atoms with Crippen LogP contribution in [0, 0.1) is 0 Å². The standard InChI is InChI=1S/C22H16N4O4S/c1-29-16-9-5-8-15(12-16)26-21(27)19-17(10-11-31-19)25(22(26)28)13-18-23-20(24-30-18)14-6-3-2-4-7-14/h2-12H,13H2,1H3. The fraction of sp³-hybridized carbons (Fsp3) is 0.0909. The first kappa shape index (κ1) is 19.0. The molecule has 3 aromatic heterocycles. The van der Waals surface area contributed by atoms with E-state index in [1.807, 2.05) is 30.3 Å². The lowest BCUT2D eigenvalue weighted by Crippen LogP contribution is -2.38. The molecule has 8 nitrogen and oxygen atoms in total. The smallest absolute Gasteiger partial charge is 0.336 e. The van der Waals surface area contributed by atoms with Crippen LogP contribution in [0.15, 0.2) is 80.2 Å². The maximum Gasteiger partial charge on any atom is 0.336 e. The Balaban J connectivity index is 1.64. The number of rotatable bonds is 5. The second-order valence-corrected chi connectivity index (χ2v) is 7.64. The van der Waals surface area contributed by atoms with Crippen molar-refractivity contribution in [2.24, 2.45) is 0 Å². The van der Waals surface area contributed by atoms with Gasteiger partial charge in [-0.2, -0.15) is 4.98 Å². The van der Waals surface area contributed by atoms with Gasteiger partial charge in [-0.15, -0.1) is 11.3 Å². The molecule has 5 aromatic rings. The van der Waals surface area contributed by atoms with E-state index >= 15 is 0 Å². The highest BCUT2D eigenvalue weighted by molar-refractivity contribution is 7.17. The molecule has 0 aliphatic heterocycles. The van der Waals surface area contributed by atoms with E-state index in [0.29, 0.717) is 27.5 Å². The normalized spacial score (nSPS) is 11.1. The van der Waals surface area contributed by atoms with Crippen molar-refractivity contribution in [1.82, 2.24) is 19.3 Å². The minimum atomic E-state index is -0.497. The van der Waals surface area contributed by atoms with Crippen LogP contribution in [0.1, 0.15) is 5.89 Å². The molecule has 0 unspecified atom stereocenters. The number of nitrogens with zero attached hydrogens (tertiary/aromatic N) is 4. The molecule has 5 rings (SSSR count). The minimum absolute atomic E-state index is 0.0378. The summed E-state index contributed by atoms with van der Waals surface area (Å²) in [7, 11) is 1.53. The average Bonchev–Trinajstić information content (AvgIpc) is 3.48. The molecule has 2 aromatic carbocycles. The Morgan fingerprint density at radius 3 is 2.71 bits per heavy atom. The van der Waals surface area contributed by atoms with Gasteiger partial charge in [0.05, 0.1) is 18.3 Å². The lowest BCUT2D eigenvalue weighted by Gasteiger charge is -2.11. The van der Waals surface area contributed by atoms with Crippen LogP contribution in [-0.4, -0.2) is 26.4 Å². The van der Waals surface area contributed by atoms with Gasteiger partial charge in [0.2, 0.25) is 11.7 Å². The largest absolute Gasteiger partial charge is 0.497 e. The Hall–Kier alpha value is -3.98. The van der Waals surface area contributed by atoms with Gasteiger partial charge < -0.3 is 9.26 Å². The van der Waals surface area contributed by atoms with E-state index in [1.54, 1.807) is 35.7 Å². The molecule has 0 radical (unpaired) electrons. The van der Waals surface area contributed by atoms with E-state index in [2.05, 4.69) is 10.1 Å². The molecule has 9 heteroatoms. The van der Waals surface area contributed by atoms with Gasteiger partial charge in [-0.25, -0.2) is 9.36 Å². The molecule has 0 saturated heterocycles. The first-order valence-corrected chi connectivity index (χ1v) is 10.3. The molecular weight excluding hydrogens is 416 g/mol. The Bertz CT molecular complexity index is 1500. The topological polar surface area (TPSA) is 92.2 Å². The zero-order valence-corrected chi connectivity index (χ0v) is 17.2. The predicted octanol–water partition coefficient (Wildman–Crippen LogP) is 3.32. The first-order valence-electron chi connectivity index (χ1n) is 9.41. The van der Waals surface area contributed by atoms with Gasteiger partial charge in [0, 0.05) is 11.6 Å². The van der Waals surface area contributed by atoms with Crippen LogP contribution in [-0.2, 0) is 6.54 Å². The molecule has 154 valence electrons. The number of hydrogen-bond acceptors (Lipinski definition) is 7. The Morgan fingerprint density at radius 2 is 1.90 bits per heavy atom. The zero-order chi connectivity index (χ0) is 21.4. The van der Waals surface area contributed by atoms with Crippen molar-refractivity contribution in [1.29, 1.82) is 0 Å². The lowest BCUT2D eigenvalue weighted by atomic mass is 10.2. The van der Waals surface area contributed by atoms with Gasteiger partial charge in [-0.05, 0) is 23.6 Å². The maximum absolute atomic E-state index is 13.4. The SMILES string of the molecule is COc1cccc(-n2c(=O)c3sccc3n(Cc3nc(-c4ccccc4)no3)c2=O)c1. The molecule has 0 amide bonds. The summed E-state index contributed by atoms with van der Waals surface area (Å²) in [5.74, 6) is 1.25. The molecule has 0 atom stereocenters. The highest BCUT2D eigenvalue weighted by atomic mass is 32.1. The van der Waals surface area contributed by atoms with Crippen LogP contribution in [0.2, 0.25) is 0 Å². The maximum atomic E-state index is 13.4. The molecule has 0 saturated carbocycles. The highest BCUT2D eigenvalue weighted by Crippen LogP contribution is 2.20. The second-order valence-electron chi connectivity index (χ2n) is 6.72. The fourth-order valence-electron chi connectivity index (χ4n) is 3.38. The van der Waals surface area contributed by atoms with Crippen LogP contribution in [0.4, 0.5) is 0 Å². The Kier molecular flexibility index (Phi) is 4.72. The summed E-state index contributed by atoms with van der Waals surface area (Å²) < 4.78 is 13.7.